The van der Waals surface area contributed by atoms with Gasteiger partial charge in [0.1, 0.15) is 11.5 Å². The number of hydrogen-bond acceptors (Lipinski definition) is 4. The number of carbonyl (C=O) groups is 2. The van der Waals surface area contributed by atoms with Gasteiger partial charge in [0.05, 0.1) is 6.61 Å². The van der Waals surface area contributed by atoms with Crippen LogP contribution in [0.25, 0.3) is 22.0 Å². The van der Waals surface area contributed by atoms with Crippen LogP contribution in [0.3, 0.4) is 0 Å². The minimum atomic E-state index is -0.779. The largest absolute Gasteiger partial charge is 0.449 e. The van der Waals surface area contributed by atoms with Crippen LogP contribution in [0.2, 0.25) is 0 Å². The number of halogens is 1. The lowest BCUT2D eigenvalue weighted by Gasteiger charge is -2.13. The van der Waals surface area contributed by atoms with Gasteiger partial charge in [-0.05, 0) is 30.2 Å². The fourth-order valence-electron chi connectivity index (χ4n) is 3.92. The summed E-state index contributed by atoms with van der Waals surface area (Å²) in [6, 6.07) is 13.8. The van der Waals surface area contributed by atoms with E-state index in [-0.39, 0.29) is 30.3 Å². The van der Waals surface area contributed by atoms with Gasteiger partial charge in [0.25, 0.3) is 5.91 Å². The van der Waals surface area contributed by atoms with Crippen LogP contribution in [0.4, 0.5) is 9.18 Å². The van der Waals surface area contributed by atoms with Gasteiger partial charge in [-0.3, -0.25) is 4.79 Å². The maximum Gasteiger partial charge on any atom is 0.404 e. The number of aromatic amines is 1. The van der Waals surface area contributed by atoms with Crippen molar-refractivity contribution < 1.29 is 18.7 Å². The highest BCUT2D eigenvalue weighted by atomic mass is 19.1. The van der Waals surface area contributed by atoms with Crippen molar-refractivity contribution in [2.24, 2.45) is 11.7 Å². The lowest BCUT2D eigenvalue weighted by Crippen LogP contribution is -2.37. The van der Waals surface area contributed by atoms with Gasteiger partial charge in [-0.25, -0.2) is 9.18 Å². The molecule has 4 rings (SSSR count). The molecule has 5 N–H and O–H groups in total. The van der Waals surface area contributed by atoms with E-state index in [9.17, 15) is 14.0 Å². The second kappa shape index (κ2) is 8.54. The van der Waals surface area contributed by atoms with E-state index in [0.717, 1.165) is 28.5 Å². The molecule has 2 aromatic carbocycles. The normalized spacial score (nSPS) is 18.4. The number of amides is 2. The minimum Gasteiger partial charge on any atom is -0.449 e. The SMILES string of the molecule is NC(=O)OC[C@@H]1CN[C@H](CNC(=O)c2[nH]c3ccccc3c2-c2ccc(F)cc2)C1. The van der Waals surface area contributed by atoms with Gasteiger partial charge < -0.3 is 26.1 Å². The Bertz CT molecular complexity index is 1060. The van der Waals surface area contributed by atoms with Crippen LogP contribution in [0.5, 0.6) is 0 Å². The van der Waals surface area contributed by atoms with E-state index in [1.54, 1.807) is 12.1 Å². The summed E-state index contributed by atoms with van der Waals surface area (Å²) in [6.45, 7) is 1.40. The first-order chi connectivity index (χ1) is 14.5. The Morgan fingerprint density at radius 2 is 1.93 bits per heavy atom. The number of primary amides is 1. The summed E-state index contributed by atoms with van der Waals surface area (Å²) in [5.41, 5.74) is 7.80. The Balaban J connectivity index is 1.49. The molecule has 0 radical (unpaired) electrons. The van der Waals surface area contributed by atoms with Crippen molar-refractivity contribution in [3.8, 4) is 11.1 Å². The number of H-pyrrole nitrogens is 1. The molecule has 156 valence electrons. The Morgan fingerprint density at radius 1 is 1.17 bits per heavy atom. The van der Waals surface area contributed by atoms with Gasteiger partial charge in [-0.1, -0.05) is 30.3 Å². The number of aromatic nitrogens is 1. The molecule has 2 heterocycles. The minimum absolute atomic E-state index is 0.0778. The molecule has 0 bridgehead atoms. The average molecular weight is 410 g/mol. The molecule has 0 aliphatic carbocycles. The van der Waals surface area contributed by atoms with Crippen molar-refractivity contribution >= 4 is 22.9 Å². The second-order valence-electron chi connectivity index (χ2n) is 7.47. The molecule has 0 unspecified atom stereocenters. The first-order valence-electron chi connectivity index (χ1n) is 9.81. The molecule has 7 nitrogen and oxygen atoms in total. The van der Waals surface area contributed by atoms with Crippen LogP contribution in [-0.2, 0) is 4.74 Å². The highest BCUT2D eigenvalue weighted by molar-refractivity contribution is 6.09. The zero-order valence-electron chi connectivity index (χ0n) is 16.3. The summed E-state index contributed by atoms with van der Waals surface area (Å²) in [5.74, 6) is -0.391. The van der Waals surface area contributed by atoms with E-state index in [4.69, 9.17) is 10.5 Å². The molecule has 8 heteroatoms. The topological polar surface area (TPSA) is 109 Å². The third kappa shape index (κ3) is 4.28. The fraction of sp³-hybridized carbons (Fsp3) is 0.273. The van der Waals surface area contributed by atoms with Crippen LogP contribution in [0, 0.1) is 11.7 Å². The molecular formula is C22H23FN4O3. The molecule has 1 saturated heterocycles. The Morgan fingerprint density at radius 3 is 2.70 bits per heavy atom. The lowest BCUT2D eigenvalue weighted by atomic mass is 10.0. The number of ether oxygens (including phenoxy) is 1. The summed E-state index contributed by atoms with van der Waals surface area (Å²) < 4.78 is 18.3. The molecule has 2 amide bonds. The molecule has 1 aliphatic rings. The van der Waals surface area contributed by atoms with Crippen LogP contribution < -0.4 is 16.4 Å². The number of rotatable bonds is 6. The highest BCUT2D eigenvalue weighted by Gasteiger charge is 2.26. The molecular weight excluding hydrogens is 387 g/mol. The number of benzene rings is 2. The standard InChI is InChI=1S/C22H23FN4O3/c23-15-7-5-14(6-8-15)19-17-3-1-2-4-18(17)27-20(19)21(28)26-11-16-9-13(10-25-16)12-30-22(24)29/h1-8,13,16,25,27H,9-12H2,(H2,24,29)(H,26,28)/t13-,16-/m0/s1. The molecule has 1 aromatic heterocycles. The Labute approximate surface area is 172 Å². The molecule has 2 atom stereocenters. The van der Waals surface area contributed by atoms with Crippen molar-refractivity contribution in [3.05, 3.63) is 60.0 Å². The Hall–Kier alpha value is -3.39. The number of nitrogens with two attached hydrogens (primary N) is 1. The molecule has 0 saturated carbocycles. The van der Waals surface area contributed by atoms with Crippen molar-refractivity contribution in [2.45, 2.75) is 12.5 Å². The summed E-state index contributed by atoms with van der Waals surface area (Å²) in [7, 11) is 0. The molecule has 1 fully saturated rings. The van der Waals surface area contributed by atoms with Crippen LogP contribution in [0.15, 0.2) is 48.5 Å². The van der Waals surface area contributed by atoms with Gasteiger partial charge in [0.2, 0.25) is 0 Å². The summed E-state index contributed by atoms with van der Waals surface area (Å²) in [6.07, 6.45) is -0.00988. The first-order valence-corrected chi connectivity index (χ1v) is 9.81. The summed E-state index contributed by atoms with van der Waals surface area (Å²) >= 11 is 0. The second-order valence-corrected chi connectivity index (χ2v) is 7.47. The average Bonchev–Trinajstić information content (AvgIpc) is 3.35. The molecule has 30 heavy (non-hydrogen) atoms. The van der Waals surface area contributed by atoms with Gasteiger partial charge in [0, 0.05) is 41.5 Å². The number of fused-ring (bicyclic) bond motifs is 1. The fourth-order valence-corrected chi connectivity index (χ4v) is 3.92. The molecule has 1 aliphatic heterocycles. The van der Waals surface area contributed by atoms with Crippen LogP contribution >= 0.6 is 0 Å². The van der Waals surface area contributed by atoms with Crippen molar-refractivity contribution in [1.82, 2.24) is 15.6 Å². The van der Waals surface area contributed by atoms with Crippen molar-refractivity contribution in [1.29, 1.82) is 0 Å². The van der Waals surface area contributed by atoms with Crippen LogP contribution in [0.1, 0.15) is 16.9 Å². The van der Waals surface area contributed by atoms with Crippen LogP contribution in [-0.4, -0.2) is 42.7 Å². The number of carbonyl (C=O) groups excluding carboxylic acids is 2. The third-order valence-corrected chi connectivity index (χ3v) is 5.35. The Kier molecular flexibility index (Phi) is 5.67. The first kappa shape index (κ1) is 19.9. The summed E-state index contributed by atoms with van der Waals surface area (Å²) in [5, 5.41) is 7.19. The number of hydrogen-bond donors (Lipinski definition) is 4. The van der Waals surface area contributed by atoms with E-state index in [1.807, 2.05) is 24.3 Å². The number of para-hydroxylation sites is 1. The van der Waals surface area contributed by atoms with E-state index >= 15 is 0 Å². The van der Waals surface area contributed by atoms with Crippen molar-refractivity contribution in [3.63, 3.8) is 0 Å². The maximum atomic E-state index is 13.4. The maximum absolute atomic E-state index is 13.4. The van der Waals surface area contributed by atoms with Gasteiger partial charge in [-0.2, -0.15) is 0 Å². The van der Waals surface area contributed by atoms with Gasteiger partial charge in [-0.15, -0.1) is 0 Å². The van der Waals surface area contributed by atoms with E-state index in [1.165, 1.54) is 12.1 Å². The quantitative estimate of drug-likeness (QED) is 0.501. The summed E-state index contributed by atoms with van der Waals surface area (Å²) in [4.78, 5) is 26.9. The molecule has 0 spiro atoms. The van der Waals surface area contributed by atoms with E-state index in [0.29, 0.717) is 18.8 Å². The van der Waals surface area contributed by atoms with Gasteiger partial charge in [0.15, 0.2) is 0 Å². The highest BCUT2D eigenvalue weighted by Crippen LogP contribution is 2.32. The van der Waals surface area contributed by atoms with Gasteiger partial charge >= 0.3 is 6.09 Å². The zero-order chi connectivity index (χ0) is 21.1. The zero-order valence-corrected chi connectivity index (χ0v) is 16.3. The number of nitrogens with one attached hydrogen (secondary N) is 3. The monoisotopic (exact) mass is 410 g/mol. The molecule has 3 aromatic rings. The van der Waals surface area contributed by atoms with E-state index < -0.39 is 6.09 Å². The van der Waals surface area contributed by atoms with Crippen molar-refractivity contribution in [2.75, 3.05) is 19.7 Å². The smallest absolute Gasteiger partial charge is 0.404 e. The van der Waals surface area contributed by atoms with E-state index in [2.05, 4.69) is 15.6 Å². The third-order valence-electron chi connectivity index (χ3n) is 5.35. The predicted molar refractivity (Wildman–Crippen MR) is 111 cm³/mol. The predicted octanol–water partition coefficient (Wildman–Crippen LogP) is 2.78. The lowest BCUT2D eigenvalue weighted by molar-refractivity contribution is 0.0946.